The van der Waals surface area contributed by atoms with E-state index in [-0.39, 0.29) is 5.91 Å². The Bertz CT molecular complexity index is 421. The van der Waals surface area contributed by atoms with Crippen LogP contribution >= 0.6 is 15.9 Å². The van der Waals surface area contributed by atoms with Crippen molar-refractivity contribution < 1.29 is 4.79 Å². The summed E-state index contributed by atoms with van der Waals surface area (Å²) in [5.41, 5.74) is 2.06. The third-order valence-corrected chi connectivity index (χ3v) is 2.60. The Morgan fingerprint density at radius 1 is 1.57 bits per heavy atom. The molecule has 0 unspecified atom stereocenters. The van der Waals surface area contributed by atoms with Crippen molar-refractivity contribution in [3.05, 3.63) is 27.7 Å². The number of hydrogen-bond donors (Lipinski definition) is 1. The van der Waals surface area contributed by atoms with Crippen molar-refractivity contribution in [2.75, 3.05) is 5.32 Å². The summed E-state index contributed by atoms with van der Waals surface area (Å²) in [5.74, 6) is -0.154. The minimum absolute atomic E-state index is 0.154. The normalized spacial score (nSPS) is 9.29. The summed E-state index contributed by atoms with van der Waals surface area (Å²) in [5, 5.41) is 11.5. The number of amides is 1. The Morgan fingerprint density at radius 2 is 2.21 bits per heavy atom. The number of nitrogens with one attached hydrogen (secondary N) is 1. The molecule has 14 heavy (non-hydrogen) atoms. The maximum Gasteiger partial charge on any atom is 0.221 e. The average Bonchev–Trinajstić information content (AvgIpc) is 2.10. The van der Waals surface area contributed by atoms with E-state index in [0.717, 1.165) is 5.56 Å². The van der Waals surface area contributed by atoms with Gasteiger partial charge in [0.25, 0.3) is 0 Å². The fourth-order valence-corrected chi connectivity index (χ4v) is 1.73. The first kappa shape index (κ1) is 10.7. The van der Waals surface area contributed by atoms with Crippen LogP contribution in [0.1, 0.15) is 18.1 Å². The van der Waals surface area contributed by atoms with Crippen molar-refractivity contribution in [1.82, 2.24) is 0 Å². The third kappa shape index (κ3) is 2.12. The molecule has 0 saturated carbocycles. The van der Waals surface area contributed by atoms with Crippen LogP contribution in [0.4, 0.5) is 5.69 Å². The van der Waals surface area contributed by atoms with E-state index >= 15 is 0 Å². The summed E-state index contributed by atoms with van der Waals surface area (Å²) in [6.07, 6.45) is 0. The minimum Gasteiger partial charge on any atom is -0.325 e. The standard InChI is InChI=1S/C10H9BrN2O/c1-6-3-4-9(13-7(2)14)10(11)8(6)5-12/h3-4H,1-2H3,(H,13,14). The quantitative estimate of drug-likeness (QED) is 0.836. The highest BCUT2D eigenvalue weighted by Gasteiger charge is 2.08. The number of aryl methyl sites for hydroxylation is 1. The van der Waals surface area contributed by atoms with Gasteiger partial charge in [-0.3, -0.25) is 4.79 Å². The molecule has 0 fully saturated rings. The molecule has 0 aliphatic carbocycles. The number of anilines is 1. The molecule has 0 bridgehead atoms. The van der Waals surface area contributed by atoms with Crippen molar-refractivity contribution in [2.24, 2.45) is 0 Å². The molecule has 0 aromatic heterocycles. The van der Waals surface area contributed by atoms with E-state index in [1.165, 1.54) is 6.92 Å². The molecular weight excluding hydrogens is 244 g/mol. The van der Waals surface area contributed by atoms with Gasteiger partial charge in [0.1, 0.15) is 6.07 Å². The molecule has 0 radical (unpaired) electrons. The monoisotopic (exact) mass is 252 g/mol. The number of carbonyl (C=O) groups is 1. The molecule has 3 nitrogen and oxygen atoms in total. The van der Waals surface area contributed by atoms with Gasteiger partial charge in [-0.25, -0.2) is 0 Å². The second-order valence-electron chi connectivity index (χ2n) is 2.91. The highest BCUT2D eigenvalue weighted by Crippen LogP contribution is 2.28. The van der Waals surface area contributed by atoms with Gasteiger partial charge < -0.3 is 5.32 Å². The van der Waals surface area contributed by atoms with Gasteiger partial charge in [0, 0.05) is 6.92 Å². The molecule has 0 atom stereocenters. The molecule has 0 aliphatic heterocycles. The first-order valence-electron chi connectivity index (χ1n) is 4.03. The molecule has 1 N–H and O–H groups in total. The molecule has 1 aromatic carbocycles. The van der Waals surface area contributed by atoms with E-state index in [4.69, 9.17) is 5.26 Å². The second kappa shape index (κ2) is 4.25. The molecule has 1 aromatic rings. The van der Waals surface area contributed by atoms with E-state index in [1.807, 2.05) is 6.92 Å². The molecule has 72 valence electrons. The molecule has 0 aliphatic rings. The fourth-order valence-electron chi connectivity index (χ4n) is 1.10. The smallest absolute Gasteiger partial charge is 0.221 e. The molecule has 0 saturated heterocycles. The summed E-state index contributed by atoms with van der Waals surface area (Å²) in [6, 6.07) is 5.64. The second-order valence-corrected chi connectivity index (χ2v) is 3.70. The molecule has 4 heteroatoms. The van der Waals surface area contributed by atoms with Gasteiger partial charge in [0.05, 0.1) is 15.7 Å². The maximum absolute atomic E-state index is 10.8. The van der Waals surface area contributed by atoms with Crippen molar-refractivity contribution >= 4 is 27.5 Å². The lowest BCUT2D eigenvalue weighted by Crippen LogP contribution is -2.07. The molecule has 1 amide bonds. The highest BCUT2D eigenvalue weighted by molar-refractivity contribution is 9.10. The van der Waals surface area contributed by atoms with Crippen molar-refractivity contribution in [3.8, 4) is 6.07 Å². The first-order chi connectivity index (χ1) is 6.56. The number of carbonyl (C=O) groups excluding carboxylic acids is 1. The fraction of sp³-hybridized carbons (Fsp3) is 0.200. The zero-order valence-corrected chi connectivity index (χ0v) is 9.47. The van der Waals surface area contributed by atoms with Crippen LogP contribution in [-0.4, -0.2) is 5.91 Å². The van der Waals surface area contributed by atoms with Crippen LogP contribution < -0.4 is 5.32 Å². The van der Waals surface area contributed by atoms with E-state index in [1.54, 1.807) is 12.1 Å². The Kier molecular flexibility index (Phi) is 3.26. The average molecular weight is 253 g/mol. The predicted octanol–water partition coefficient (Wildman–Crippen LogP) is 2.59. The Morgan fingerprint density at radius 3 is 2.71 bits per heavy atom. The number of hydrogen-bond acceptors (Lipinski definition) is 2. The number of nitriles is 1. The van der Waals surface area contributed by atoms with Crippen LogP contribution in [0.2, 0.25) is 0 Å². The van der Waals surface area contributed by atoms with Gasteiger partial charge in [-0.15, -0.1) is 0 Å². The predicted molar refractivity (Wildman–Crippen MR) is 57.9 cm³/mol. The number of halogens is 1. The Labute approximate surface area is 90.9 Å². The van der Waals surface area contributed by atoms with Gasteiger partial charge >= 0.3 is 0 Å². The van der Waals surface area contributed by atoms with Crippen LogP contribution in [0.25, 0.3) is 0 Å². The zero-order chi connectivity index (χ0) is 10.7. The summed E-state index contributed by atoms with van der Waals surface area (Å²) < 4.78 is 0.634. The van der Waals surface area contributed by atoms with Crippen LogP contribution in [0.5, 0.6) is 0 Å². The zero-order valence-electron chi connectivity index (χ0n) is 7.89. The number of benzene rings is 1. The van der Waals surface area contributed by atoms with E-state index < -0.39 is 0 Å². The van der Waals surface area contributed by atoms with E-state index in [0.29, 0.717) is 15.7 Å². The maximum atomic E-state index is 10.8. The third-order valence-electron chi connectivity index (χ3n) is 1.77. The summed E-state index contributed by atoms with van der Waals surface area (Å²) in [6.45, 7) is 3.28. The lowest BCUT2D eigenvalue weighted by Gasteiger charge is -2.07. The lowest BCUT2D eigenvalue weighted by atomic mass is 10.1. The van der Waals surface area contributed by atoms with Crippen molar-refractivity contribution in [2.45, 2.75) is 13.8 Å². The minimum atomic E-state index is -0.154. The Balaban J connectivity index is 3.23. The SMILES string of the molecule is CC(=O)Nc1ccc(C)c(C#N)c1Br. The molecule has 0 spiro atoms. The first-order valence-corrected chi connectivity index (χ1v) is 4.82. The topological polar surface area (TPSA) is 52.9 Å². The van der Waals surface area contributed by atoms with Gasteiger partial charge in [-0.2, -0.15) is 5.26 Å². The molecular formula is C10H9BrN2O. The number of nitrogens with zero attached hydrogens (tertiary/aromatic N) is 1. The summed E-state index contributed by atoms with van der Waals surface area (Å²) in [7, 11) is 0. The van der Waals surface area contributed by atoms with Gasteiger partial charge in [-0.05, 0) is 34.5 Å². The molecule has 1 rings (SSSR count). The van der Waals surface area contributed by atoms with Gasteiger partial charge in [-0.1, -0.05) is 6.07 Å². The lowest BCUT2D eigenvalue weighted by molar-refractivity contribution is -0.114. The van der Waals surface area contributed by atoms with E-state index in [9.17, 15) is 4.79 Å². The van der Waals surface area contributed by atoms with Crippen molar-refractivity contribution in [3.63, 3.8) is 0 Å². The van der Waals surface area contributed by atoms with Crippen LogP contribution in [0, 0.1) is 18.3 Å². The highest BCUT2D eigenvalue weighted by atomic mass is 79.9. The largest absolute Gasteiger partial charge is 0.325 e. The van der Waals surface area contributed by atoms with Gasteiger partial charge in [0.15, 0.2) is 0 Å². The summed E-state index contributed by atoms with van der Waals surface area (Å²) in [4.78, 5) is 10.8. The summed E-state index contributed by atoms with van der Waals surface area (Å²) >= 11 is 3.28. The number of rotatable bonds is 1. The molecule has 0 heterocycles. The van der Waals surface area contributed by atoms with E-state index in [2.05, 4.69) is 27.3 Å². The van der Waals surface area contributed by atoms with Gasteiger partial charge in [0.2, 0.25) is 5.91 Å². The Hall–Kier alpha value is -1.34. The van der Waals surface area contributed by atoms with Crippen LogP contribution in [0.3, 0.4) is 0 Å². The van der Waals surface area contributed by atoms with Crippen molar-refractivity contribution in [1.29, 1.82) is 5.26 Å². The van der Waals surface area contributed by atoms with Crippen LogP contribution in [0.15, 0.2) is 16.6 Å². The van der Waals surface area contributed by atoms with Crippen LogP contribution in [-0.2, 0) is 4.79 Å².